The maximum absolute atomic E-state index is 12.4. The van der Waals surface area contributed by atoms with Gasteiger partial charge in [0.25, 0.3) is 0 Å². The van der Waals surface area contributed by atoms with Gasteiger partial charge in [-0.3, -0.25) is 0 Å². The van der Waals surface area contributed by atoms with Crippen molar-refractivity contribution in [2.45, 2.75) is 38.2 Å². The van der Waals surface area contributed by atoms with Gasteiger partial charge in [0.05, 0.1) is 17.1 Å². The first kappa shape index (κ1) is 22.8. The number of sulfonamides is 1. The predicted octanol–water partition coefficient (Wildman–Crippen LogP) is 3.37. The van der Waals surface area contributed by atoms with E-state index < -0.39 is 16.0 Å². The van der Waals surface area contributed by atoms with Crippen molar-refractivity contribution in [2.24, 2.45) is 0 Å². The Bertz CT molecular complexity index is 783. The van der Waals surface area contributed by atoms with Crippen LogP contribution in [0.3, 0.4) is 0 Å². The van der Waals surface area contributed by atoms with E-state index in [2.05, 4.69) is 0 Å². The monoisotopic (exact) mass is 393 g/mol. The van der Waals surface area contributed by atoms with Crippen LogP contribution in [-0.2, 0) is 16.6 Å². The molecule has 2 N–H and O–H groups in total. The molecule has 0 aliphatic rings. The third-order valence-electron chi connectivity index (χ3n) is 3.71. The maximum atomic E-state index is 12.4. The van der Waals surface area contributed by atoms with Crippen LogP contribution in [0.4, 0.5) is 0 Å². The first-order chi connectivity index (χ1) is 12.9. The number of aromatic carboxylic acids is 1. The third-order valence-corrected chi connectivity index (χ3v) is 5.62. The Morgan fingerprint density at radius 2 is 1.44 bits per heavy atom. The molecule has 0 fully saturated rings. The highest BCUT2D eigenvalue weighted by molar-refractivity contribution is 7.89. The summed E-state index contributed by atoms with van der Waals surface area (Å²) in [5, 5.41) is 17.3. The van der Waals surface area contributed by atoms with Gasteiger partial charge in [-0.1, -0.05) is 44.2 Å². The molecule has 0 bridgehead atoms. The Kier molecular flexibility index (Phi) is 9.71. The molecule has 0 aliphatic carbocycles. The zero-order valence-electron chi connectivity index (χ0n) is 15.7. The van der Waals surface area contributed by atoms with Gasteiger partial charge in [-0.2, -0.15) is 4.31 Å². The molecule has 2 aromatic rings. The lowest BCUT2D eigenvalue weighted by Gasteiger charge is -2.20. The van der Waals surface area contributed by atoms with Crippen molar-refractivity contribution in [3.05, 3.63) is 65.7 Å². The molecular weight excluding hydrogens is 366 g/mol. The highest BCUT2D eigenvalue weighted by Crippen LogP contribution is 2.17. The second kappa shape index (κ2) is 11.5. The SMILES string of the molecule is CCCN(CCC)S(=O)(=O)c1ccc(C(=O)O)cc1.OCc1ccccc1. The van der Waals surface area contributed by atoms with E-state index >= 15 is 0 Å². The fourth-order valence-electron chi connectivity index (χ4n) is 2.35. The Hall–Kier alpha value is -2.22. The van der Waals surface area contributed by atoms with E-state index in [9.17, 15) is 13.2 Å². The van der Waals surface area contributed by atoms with Gasteiger partial charge < -0.3 is 10.2 Å². The van der Waals surface area contributed by atoms with Crippen LogP contribution in [0.1, 0.15) is 42.6 Å². The summed E-state index contributed by atoms with van der Waals surface area (Å²) in [5.41, 5.74) is 1.05. The molecule has 0 radical (unpaired) electrons. The number of aliphatic hydroxyl groups excluding tert-OH is 1. The summed E-state index contributed by atoms with van der Waals surface area (Å²) < 4.78 is 26.2. The molecule has 2 aromatic carbocycles. The van der Waals surface area contributed by atoms with Gasteiger partial charge in [-0.05, 0) is 42.7 Å². The zero-order chi connectivity index (χ0) is 20.3. The number of carboxylic acid groups (broad SMARTS) is 1. The summed E-state index contributed by atoms with van der Waals surface area (Å²) in [4.78, 5) is 10.9. The van der Waals surface area contributed by atoms with Crippen LogP contribution in [0.5, 0.6) is 0 Å². The third kappa shape index (κ3) is 7.13. The molecule has 7 heteroatoms. The topological polar surface area (TPSA) is 94.9 Å². The van der Waals surface area contributed by atoms with Crippen LogP contribution < -0.4 is 0 Å². The number of benzene rings is 2. The lowest BCUT2D eigenvalue weighted by atomic mass is 10.2. The first-order valence-electron chi connectivity index (χ1n) is 8.85. The second-order valence-corrected chi connectivity index (χ2v) is 7.82. The summed E-state index contributed by atoms with van der Waals surface area (Å²) in [5.74, 6) is -1.07. The molecule has 6 nitrogen and oxygen atoms in total. The summed E-state index contributed by atoms with van der Waals surface area (Å²) >= 11 is 0. The zero-order valence-corrected chi connectivity index (χ0v) is 16.5. The predicted molar refractivity (Wildman–Crippen MR) is 105 cm³/mol. The largest absolute Gasteiger partial charge is 0.478 e. The van der Waals surface area contributed by atoms with E-state index in [1.54, 1.807) is 0 Å². The Labute approximate surface area is 161 Å². The maximum Gasteiger partial charge on any atom is 0.335 e. The van der Waals surface area contributed by atoms with Crippen molar-refractivity contribution in [1.29, 1.82) is 0 Å². The molecular formula is C20H27NO5S. The number of carbonyl (C=O) groups is 1. The van der Waals surface area contributed by atoms with Crippen LogP contribution in [0, 0.1) is 0 Å². The van der Waals surface area contributed by atoms with Crippen LogP contribution in [0.15, 0.2) is 59.5 Å². The number of carboxylic acids is 1. The second-order valence-electron chi connectivity index (χ2n) is 5.88. The fourth-order valence-corrected chi connectivity index (χ4v) is 3.98. The van der Waals surface area contributed by atoms with E-state index in [1.807, 2.05) is 44.2 Å². The van der Waals surface area contributed by atoms with Crippen LogP contribution in [-0.4, -0.2) is 42.0 Å². The molecule has 0 amide bonds. The quantitative estimate of drug-likeness (QED) is 0.717. The number of hydrogen-bond donors (Lipinski definition) is 2. The summed E-state index contributed by atoms with van der Waals surface area (Å²) in [6.07, 6.45) is 1.48. The van der Waals surface area contributed by atoms with Crippen LogP contribution in [0.2, 0.25) is 0 Å². The molecule has 2 rings (SSSR count). The fraction of sp³-hybridized carbons (Fsp3) is 0.350. The normalized spacial score (nSPS) is 11.0. The highest BCUT2D eigenvalue weighted by atomic mass is 32.2. The Morgan fingerprint density at radius 1 is 0.926 bits per heavy atom. The van der Waals surface area contributed by atoms with Gasteiger partial charge >= 0.3 is 5.97 Å². The van der Waals surface area contributed by atoms with Crippen molar-refractivity contribution in [3.63, 3.8) is 0 Å². The minimum atomic E-state index is -3.53. The van der Waals surface area contributed by atoms with Gasteiger partial charge in [0.1, 0.15) is 0 Å². The van der Waals surface area contributed by atoms with Gasteiger partial charge in [-0.25, -0.2) is 13.2 Å². The van der Waals surface area contributed by atoms with Crippen molar-refractivity contribution in [2.75, 3.05) is 13.1 Å². The molecule has 0 atom stereocenters. The number of aliphatic hydroxyl groups is 1. The minimum Gasteiger partial charge on any atom is -0.478 e. The van der Waals surface area contributed by atoms with Gasteiger partial charge in [0, 0.05) is 13.1 Å². The van der Waals surface area contributed by atoms with Crippen LogP contribution in [0.25, 0.3) is 0 Å². The van der Waals surface area contributed by atoms with Gasteiger partial charge in [-0.15, -0.1) is 0 Å². The molecule has 148 valence electrons. The Balaban J connectivity index is 0.000000377. The molecule has 0 aliphatic heterocycles. The molecule has 27 heavy (non-hydrogen) atoms. The average Bonchev–Trinajstić information content (AvgIpc) is 2.69. The van der Waals surface area contributed by atoms with E-state index in [-0.39, 0.29) is 17.1 Å². The van der Waals surface area contributed by atoms with Crippen LogP contribution >= 0.6 is 0 Å². The lowest BCUT2D eigenvalue weighted by molar-refractivity contribution is 0.0696. The number of nitrogens with zero attached hydrogens (tertiary/aromatic N) is 1. The minimum absolute atomic E-state index is 0.0801. The molecule has 0 saturated heterocycles. The van der Waals surface area contributed by atoms with E-state index in [0.717, 1.165) is 18.4 Å². The van der Waals surface area contributed by atoms with E-state index in [0.29, 0.717) is 13.1 Å². The molecule has 0 heterocycles. The molecule has 0 spiro atoms. The molecule has 0 unspecified atom stereocenters. The van der Waals surface area contributed by atoms with Crippen molar-refractivity contribution < 1.29 is 23.4 Å². The average molecular weight is 394 g/mol. The smallest absolute Gasteiger partial charge is 0.335 e. The van der Waals surface area contributed by atoms with E-state index in [4.69, 9.17) is 10.2 Å². The van der Waals surface area contributed by atoms with Crippen molar-refractivity contribution in [3.8, 4) is 0 Å². The Morgan fingerprint density at radius 3 is 1.81 bits per heavy atom. The first-order valence-corrected chi connectivity index (χ1v) is 10.3. The van der Waals surface area contributed by atoms with E-state index in [1.165, 1.54) is 28.6 Å². The molecule has 0 aromatic heterocycles. The number of rotatable bonds is 8. The number of hydrogen-bond acceptors (Lipinski definition) is 4. The summed E-state index contributed by atoms with van der Waals surface area (Å²) in [7, 11) is -3.53. The summed E-state index contributed by atoms with van der Waals surface area (Å²) in [6, 6.07) is 14.8. The van der Waals surface area contributed by atoms with Gasteiger partial charge in [0.15, 0.2) is 0 Å². The standard InChI is InChI=1S/C13H19NO4S.C7H8O/c1-3-9-14(10-4-2)19(17,18)12-7-5-11(6-8-12)13(15)16;8-6-7-4-2-1-3-5-7/h5-8H,3-4,9-10H2,1-2H3,(H,15,16);1-5,8H,6H2. The summed E-state index contributed by atoms with van der Waals surface area (Å²) in [6.45, 7) is 4.92. The van der Waals surface area contributed by atoms with Crippen molar-refractivity contribution in [1.82, 2.24) is 4.31 Å². The van der Waals surface area contributed by atoms with Crippen molar-refractivity contribution >= 4 is 16.0 Å². The highest BCUT2D eigenvalue weighted by Gasteiger charge is 2.23. The lowest BCUT2D eigenvalue weighted by Crippen LogP contribution is -2.32. The molecule has 0 saturated carbocycles. The van der Waals surface area contributed by atoms with Gasteiger partial charge in [0.2, 0.25) is 10.0 Å².